The smallest absolute Gasteiger partial charge is 0.0263 e. The van der Waals surface area contributed by atoms with Crippen LogP contribution in [0.25, 0.3) is 0 Å². The molecule has 0 spiro atoms. The molecule has 0 N–H and O–H groups in total. The van der Waals surface area contributed by atoms with E-state index in [1.807, 2.05) is 0 Å². The van der Waals surface area contributed by atoms with E-state index in [0.29, 0.717) is 11.8 Å². The van der Waals surface area contributed by atoms with Gasteiger partial charge in [0.25, 0.3) is 0 Å². The third-order valence-electron chi connectivity index (χ3n) is 6.11. The number of allylic oxidation sites excluding steroid dienone is 7. The van der Waals surface area contributed by atoms with Gasteiger partial charge in [0.05, 0.1) is 0 Å². The van der Waals surface area contributed by atoms with Crippen LogP contribution in [0, 0.1) is 35.5 Å². The van der Waals surface area contributed by atoms with Crippen LogP contribution in [0.1, 0.15) is 40.0 Å². The fourth-order valence-corrected chi connectivity index (χ4v) is 5.48. The van der Waals surface area contributed by atoms with Crippen molar-refractivity contribution in [2.45, 2.75) is 40.0 Å². The molecule has 2 fully saturated rings. The van der Waals surface area contributed by atoms with E-state index in [1.165, 1.54) is 24.8 Å². The summed E-state index contributed by atoms with van der Waals surface area (Å²) in [5, 5.41) is 0. The van der Waals surface area contributed by atoms with E-state index >= 15 is 0 Å². The average Bonchev–Trinajstić information content (AvgIpc) is 3.25. The molecule has 1 heteroatoms. The largest absolute Gasteiger partial charge is 0.126 e. The zero-order chi connectivity index (χ0) is 15.9. The molecule has 0 aromatic heterocycles. The van der Waals surface area contributed by atoms with E-state index in [2.05, 4.69) is 51.7 Å². The summed E-state index contributed by atoms with van der Waals surface area (Å²) in [6.45, 7) is 10.7. The summed E-state index contributed by atoms with van der Waals surface area (Å²) < 4.78 is 0. The minimum atomic E-state index is 0.664. The first-order valence-corrected chi connectivity index (χ1v) is 9.29. The molecule has 4 bridgehead atoms. The summed E-state index contributed by atoms with van der Waals surface area (Å²) in [4.78, 5) is 0. The maximum Gasteiger partial charge on any atom is 0.0263 e. The number of hydrogen-bond acceptors (Lipinski definition) is 0. The second-order valence-corrected chi connectivity index (χ2v) is 8.16. The minimum absolute atomic E-state index is 0.664. The molecule has 6 unspecified atom stereocenters. The summed E-state index contributed by atoms with van der Waals surface area (Å²) in [6.07, 6.45) is 13.5. The van der Waals surface area contributed by atoms with Crippen LogP contribution < -0.4 is 0 Å². The lowest BCUT2D eigenvalue weighted by molar-refractivity contribution is 0.390. The number of alkyl halides is 1. The van der Waals surface area contributed by atoms with Gasteiger partial charge in [-0.2, -0.15) is 0 Å². The molecule has 0 nitrogen and oxygen atoms in total. The van der Waals surface area contributed by atoms with Crippen LogP contribution in [-0.4, -0.2) is 5.88 Å². The van der Waals surface area contributed by atoms with Crippen LogP contribution in [0.5, 0.6) is 0 Å². The lowest BCUT2D eigenvalue weighted by Gasteiger charge is -2.26. The molecule has 4 aliphatic carbocycles. The van der Waals surface area contributed by atoms with Gasteiger partial charge in [-0.15, -0.1) is 11.6 Å². The van der Waals surface area contributed by atoms with Crippen molar-refractivity contribution in [3.05, 3.63) is 47.6 Å². The average molecular weight is 317 g/mol. The van der Waals surface area contributed by atoms with Gasteiger partial charge in [-0.1, -0.05) is 47.6 Å². The minimum Gasteiger partial charge on any atom is -0.126 e. The maximum atomic E-state index is 5.97. The van der Waals surface area contributed by atoms with Crippen LogP contribution >= 0.6 is 11.6 Å². The van der Waals surface area contributed by atoms with Crippen molar-refractivity contribution in [3.63, 3.8) is 0 Å². The molecule has 0 saturated heterocycles. The van der Waals surface area contributed by atoms with Crippen LogP contribution in [0.3, 0.4) is 0 Å². The molecule has 6 atom stereocenters. The molecule has 0 radical (unpaired) electrons. The van der Waals surface area contributed by atoms with Crippen molar-refractivity contribution in [2.24, 2.45) is 35.5 Å². The van der Waals surface area contributed by atoms with Crippen molar-refractivity contribution in [1.29, 1.82) is 0 Å². The van der Waals surface area contributed by atoms with E-state index in [9.17, 15) is 0 Å². The van der Waals surface area contributed by atoms with E-state index < -0.39 is 0 Å². The normalized spacial score (nSPS) is 40.1. The zero-order valence-corrected chi connectivity index (χ0v) is 14.9. The van der Waals surface area contributed by atoms with Crippen molar-refractivity contribution >= 4 is 11.6 Å². The van der Waals surface area contributed by atoms with Gasteiger partial charge in [-0.25, -0.2) is 0 Å². The Labute approximate surface area is 141 Å². The molecule has 22 heavy (non-hydrogen) atoms. The molecule has 0 aromatic carbocycles. The van der Waals surface area contributed by atoms with Crippen LogP contribution in [-0.2, 0) is 0 Å². The van der Waals surface area contributed by atoms with Gasteiger partial charge < -0.3 is 0 Å². The molecule has 0 aromatic rings. The summed E-state index contributed by atoms with van der Waals surface area (Å²) in [5.41, 5.74) is 4.59. The third kappa shape index (κ3) is 2.87. The molecule has 4 rings (SSSR count). The summed E-state index contributed by atoms with van der Waals surface area (Å²) in [7, 11) is 0. The lowest BCUT2D eigenvalue weighted by Crippen LogP contribution is -2.21. The summed E-state index contributed by atoms with van der Waals surface area (Å²) in [5.74, 6) is 5.34. The number of halogens is 1. The van der Waals surface area contributed by atoms with Crippen molar-refractivity contribution < 1.29 is 0 Å². The number of hydrogen-bond donors (Lipinski definition) is 0. The summed E-state index contributed by atoms with van der Waals surface area (Å²) in [6, 6.07) is 0. The predicted octanol–water partition coefficient (Wildman–Crippen LogP) is 6.16. The second kappa shape index (κ2) is 6.40. The molecule has 0 heterocycles. The van der Waals surface area contributed by atoms with Crippen molar-refractivity contribution in [2.75, 3.05) is 5.88 Å². The molecule has 0 aliphatic heterocycles. The molecular weight excluding hydrogens is 288 g/mol. The Kier molecular flexibility index (Phi) is 4.69. The van der Waals surface area contributed by atoms with Crippen molar-refractivity contribution in [1.82, 2.24) is 0 Å². The highest BCUT2D eigenvalue weighted by Crippen LogP contribution is 2.50. The number of fused-ring (bicyclic) bond motifs is 4. The van der Waals surface area contributed by atoms with Crippen LogP contribution in [0.15, 0.2) is 47.6 Å². The Morgan fingerprint density at radius 1 is 1.09 bits per heavy atom. The van der Waals surface area contributed by atoms with E-state index in [-0.39, 0.29) is 0 Å². The quantitative estimate of drug-likeness (QED) is 0.423. The molecular formula is C21H29Cl. The van der Waals surface area contributed by atoms with Gasteiger partial charge in [0.1, 0.15) is 0 Å². The van der Waals surface area contributed by atoms with Crippen LogP contribution in [0.4, 0.5) is 0 Å². The molecule has 0 amide bonds. The maximum absolute atomic E-state index is 5.97. The fourth-order valence-electron chi connectivity index (χ4n) is 5.06. The lowest BCUT2D eigenvalue weighted by atomic mass is 9.80. The fraction of sp³-hybridized carbons (Fsp3) is 0.619. The van der Waals surface area contributed by atoms with Gasteiger partial charge in [0.15, 0.2) is 0 Å². The van der Waals surface area contributed by atoms with Gasteiger partial charge in [0, 0.05) is 5.88 Å². The molecule has 2 saturated carbocycles. The first-order valence-electron chi connectivity index (χ1n) is 8.75. The highest BCUT2D eigenvalue weighted by atomic mass is 35.5. The van der Waals surface area contributed by atoms with Gasteiger partial charge >= 0.3 is 0 Å². The number of rotatable bonds is 2. The zero-order valence-electron chi connectivity index (χ0n) is 14.2. The Morgan fingerprint density at radius 2 is 1.82 bits per heavy atom. The third-order valence-corrected chi connectivity index (χ3v) is 6.47. The van der Waals surface area contributed by atoms with Gasteiger partial charge in [-0.3, -0.25) is 0 Å². The first kappa shape index (κ1) is 16.1. The van der Waals surface area contributed by atoms with Crippen LogP contribution in [0.2, 0.25) is 0 Å². The topological polar surface area (TPSA) is 0 Å². The second-order valence-electron chi connectivity index (χ2n) is 7.86. The first-order chi connectivity index (χ1) is 10.5. The molecule has 120 valence electrons. The summed E-state index contributed by atoms with van der Waals surface area (Å²) >= 11 is 5.97. The Bertz CT molecular complexity index is 532. The molecule has 4 aliphatic rings. The Balaban J connectivity index is 0.000000133. The van der Waals surface area contributed by atoms with Gasteiger partial charge in [-0.05, 0) is 75.5 Å². The SMILES string of the molecule is C=C(C)C1C2C=CC(C2)C1CCl.CC(C)=C1CC2C=CC1C2. The predicted molar refractivity (Wildman–Crippen MR) is 97.0 cm³/mol. The van der Waals surface area contributed by atoms with E-state index in [0.717, 1.165) is 29.6 Å². The highest BCUT2D eigenvalue weighted by molar-refractivity contribution is 6.18. The van der Waals surface area contributed by atoms with E-state index in [4.69, 9.17) is 11.6 Å². The highest BCUT2D eigenvalue weighted by Gasteiger charge is 2.43. The Morgan fingerprint density at radius 3 is 2.23 bits per heavy atom. The monoisotopic (exact) mass is 316 g/mol. The van der Waals surface area contributed by atoms with E-state index in [1.54, 1.807) is 11.1 Å². The van der Waals surface area contributed by atoms with Gasteiger partial charge in [0.2, 0.25) is 0 Å². The van der Waals surface area contributed by atoms with Crippen molar-refractivity contribution in [3.8, 4) is 0 Å². The Hall–Kier alpha value is -0.750. The standard InChI is InChI=1S/C11H15Cl.C10H14/c1-7(2)11-9-4-3-8(5-9)10(11)6-12;1-7(2)10-6-8-3-4-9(10)5-8/h3-4,8-11H,1,5-6H2,2H3;3-4,8-9H,5-6H2,1-2H3.